The maximum atomic E-state index is 11.8. The fourth-order valence-electron chi connectivity index (χ4n) is 1.18. The van der Waals surface area contributed by atoms with Crippen LogP contribution in [-0.4, -0.2) is 39.6 Å². The van der Waals surface area contributed by atoms with Gasteiger partial charge in [0.15, 0.2) is 11.5 Å². The Kier molecular flexibility index (Phi) is 3.68. The molecule has 0 heterocycles. The van der Waals surface area contributed by atoms with Crippen molar-refractivity contribution in [2.24, 2.45) is 5.73 Å². The van der Waals surface area contributed by atoms with Crippen molar-refractivity contribution in [3.8, 4) is 11.5 Å². The Labute approximate surface area is 98.1 Å². The van der Waals surface area contributed by atoms with Gasteiger partial charge >= 0.3 is 0 Å². The van der Waals surface area contributed by atoms with Gasteiger partial charge < -0.3 is 20.8 Å². The fourth-order valence-corrected chi connectivity index (χ4v) is 1.38. The molecular formula is C10H12N2O3S. The first kappa shape index (κ1) is 12.3. The van der Waals surface area contributed by atoms with Crippen molar-refractivity contribution in [1.29, 1.82) is 0 Å². The number of aromatic hydroxyl groups is 2. The Morgan fingerprint density at radius 2 is 2.06 bits per heavy atom. The standard InChI is InChI=1S/C10H12N2O3S/c1-12(5-9(11)16)10(15)6-2-3-7(13)8(14)4-6/h2-4,13-14H,5H2,1H3,(H2,11,16). The van der Waals surface area contributed by atoms with E-state index in [9.17, 15) is 9.90 Å². The molecule has 1 aromatic carbocycles. The highest BCUT2D eigenvalue weighted by atomic mass is 32.1. The maximum absolute atomic E-state index is 11.8. The smallest absolute Gasteiger partial charge is 0.254 e. The van der Waals surface area contributed by atoms with E-state index in [0.29, 0.717) is 0 Å². The summed E-state index contributed by atoms with van der Waals surface area (Å²) in [5.74, 6) is -0.939. The third kappa shape index (κ3) is 2.83. The van der Waals surface area contributed by atoms with Crippen LogP contribution in [0.5, 0.6) is 11.5 Å². The molecule has 16 heavy (non-hydrogen) atoms. The number of nitrogens with two attached hydrogens (primary N) is 1. The molecule has 1 rings (SSSR count). The van der Waals surface area contributed by atoms with Crippen molar-refractivity contribution in [2.75, 3.05) is 13.6 Å². The highest BCUT2D eigenvalue weighted by Crippen LogP contribution is 2.25. The number of rotatable bonds is 3. The summed E-state index contributed by atoms with van der Waals surface area (Å²) in [6.07, 6.45) is 0. The number of hydrogen-bond donors (Lipinski definition) is 3. The van der Waals surface area contributed by atoms with Crippen LogP contribution in [0.15, 0.2) is 18.2 Å². The number of hydrogen-bond acceptors (Lipinski definition) is 4. The molecule has 1 amide bonds. The third-order valence-electron chi connectivity index (χ3n) is 1.96. The van der Waals surface area contributed by atoms with Crippen LogP contribution >= 0.6 is 12.2 Å². The molecule has 0 aromatic heterocycles. The molecule has 0 spiro atoms. The van der Waals surface area contributed by atoms with Crippen LogP contribution in [0.4, 0.5) is 0 Å². The number of benzene rings is 1. The molecule has 4 N–H and O–H groups in total. The first-order chi connectivity index (χ1) is 7.41. The number of thiocarbonyl (C=S) groups is 1. The SMILES string of the molecule is CN(CC(N)=S)C(=O)c1ccc(O)c(O)c1. The lowest BCUT2D eigenvalue weighted by atomic mass is 10.2. The zero-order valence-electron chi connectivity index (χ0n) is 8.67. The minimum atomic E-state index is -0.338. The number of nitrogens with zero attached hydrogens (tertiary/aromatic N) is 1. The molecule has 1 aromatic rings. The number of likely N-dealkylation sites (N-methyl/N-ethyl adjacent to an activating group) is 1. The van der Waals surface area contributed by atoms with Crippen molar-refractivity contribution in [3.05, 3.63) is 23.8 Å². The second-order valence-electron chi connectivity index (χ2n) is 3.33. The molecule has 0 unspecified atom stereocenters. The second-order valence-corrected chi connectivity index (χ2v) is 3.86. The van der Waals surface area contributed by atoms with Crippen LogP contribution in [-0.2, 0) is 0 Å². The van der Waals surface area contributed by atoms with Crippen LogP contribution in [0.2, 0.25) is 0 Å². The van der Waals surface area contributed by atoms with Crippen molar-refractivity contribution in [1.82, 2.24) is 4.90 Å². The topological polar surface area (TPSA) is 86.8 Å². The van der Waals surface area contributed by atoms with Gasteiger partial charge in [-0.15, -0.1) is 0 Å². The molecule has 0 saturated carbocycles. The largest absolute Gasteiger partial charge is 0.504 e. The van der Waals surface area contributed by atoms with Gasteiger partial charge in [0.05, 0.1) is 11.5 Å². The number of phenols is 2. The number of carbonyl (C=O) groups excluding carboxylic acids is 1. The van der Waals surface area contributed by atoms with Gasteiger partial charge in [-0.3, -0.25) is 4.79 Å². The Balaban J connectivity index is 2.88. The van der Waals surface area contributed by atoms with E-state index < -0.39 is 0 Å². The molecule has 0 saturated heterocycles. The lowest BCUT2D eigenvalue weighted by Crippen LogP contribution is -2.34. The van der Waals surface area contributed by atoms with E-state index in [1.54, 1.807) is 7.05 Å². The average Bonchev–Trinajstić information content (AvgIpc) is 2.20. The molecular weight excluding hydrogens is 228 g/mol. The number of amides is 1. The van der Waals surface area contributed by atoms with Crippen LogP contribution in [0, 0.1) is 0 Å². The third-order valence-corrected chi connectivity index (χ3v) is 2.09. The Hall–Kier alpha value is -1.82. The monoisotopic (exact) mass is 240 g/mol. The lowest BCUT2D eigenvalue weighted by molar-refractivity contribution is 0.0814. The number of carbonyl (C=O) groups is 1. The van der Waals surface area contributed by atoms with Gasteiger partial charge in [0.1, 0.15) is 0 Å². The first-order valence-electron chi connectivity index (χ1n) is 4.47. The summed E-state index contributed by atoms with van der Waals surface area (Å²) < 4.78 is 0. The summed E-state index contributed by atoms with van der Waals surface area (Å²) in [4.78, 5) is 13.3. The zero-order chi connectivity index (χ0) is 12.3. The summed E-state index contributed by atoms with van der Waals surface area (Å²) in [6.45, 7) is 0.163. The van der Waals surface area contributed by atoms with Crippen LogP contribution in [0.1, 0.15) is 10.4 Å². The quantitative estimate of drug-likeness (QED) is 0.527. The van der Waals surface area contributed by atoms with E-state index in [-0.39, 0.29) is 34.5 Å². The Bertz CT molecular complexity index is 434. The highest BCUT2D eigenvalue weighted by Gasteiger charge is 2.13. The lowest BCUT2D eigenvalue weighted by Gasteiger charge is -2.16. The van der Waals surface area contributed by atoms with Gasteiger partial charge in [-0.05, 0) is 18.2 Å². The average molecular weight is 240 g/mol. The van der Waals surface area contributed by atoms with Crippen molar-refractivity contribution in [3.63, 3.8) is 0 Å². The van der Waals surface area contributed by atoms with E-state index in [1.807, 2.05) is 0 Å². The maximum Gasteiger partial charge on any atom is 0.254 e. The Morgan fingerprint density at radius 3 is 2.56 bits per heavy atom. The molecule has 86 valence electrons. The van der Waals surface area contributed by atoms with E-state index in [2.05, 4.69) is 12.2 Å². The van der Waals surface area contributed by atoms with Gasteiger partial charge in [0.25, 0.3) is 5.91 Å². The summed E-state index contributed by atoms with van der Waals surface area (Å²) in [6, 6.07) is 3.85. The minimum absolute atomic E-state index is 0.163. The minimum Gasteiger partial charge on any atom is -0.504 e. The summed E-state index contributed by atoms with van der Waals surface area (Å²) >= 11 is 4.68. The Morgan fingerprint density at radius 1 is 1.44 bits per heavy atom. The van der Waals surface area contributed by atoms with E-state index >= 15 is 0 Å². The molecule has 6 heteroatoms. The van der Waals surface area contributed by atoms with Crippen molar-refractivity contribution < 1.29 is 15.0 Å². The van der Waals surface area contributed by atoms with Crippen molar-refractivity contribution in [2.45, 2.75) is 0 Å². The van der Waals surface area contributed by atoms with E-state index in [1.165, 1.54) is 23.1 Å². The molecule has 5 nitrogen and oxygen atoms in total. The summed E-state index contributed by atoms with van der Waals surface area (Å²) in [5, 5.41) is 18.3. The molecule has 0 aliphatic carbocycles. The fraction of sp³-hybridized carbons (Fsp3) is 0.200. The van der Waals surface area contributed by atoms with Crippen LogP contribution < -0.4 is 5.73 Å². The zero-order valence-corrected chi connectivity index (χ0v) is 9.49. The molecule has 0 radical (unpaired) electrons. The van der Waals surface area contributed by atoms with Gasteiger partial charge in [0.2, 0.25) is 0 Å². The number of phenolic OH excluding ortho intramolecular Hbond substituents is 2. The molecule has 0 bridgehead atoms. The van der Waals surface area contributed by atoms with Gasteiger partial charge in [-0.25, -0.2) is 0 Å². The second kappa shape index (κ2) is 4.80. The normalized spacial score (nSPS) is 9.81. The van der Waals surface area contributed by atoms with Crippen molar-refractivity contribution >= 4 is 23.1 Å². The van der Waals surface area contributed by atoms with Gasteiger partial charge in [0, 0.05) is 12.6 Å². The van der Waals surface area contributed by atoms with E-state index in [4.69, 9.17) is 10.8 Å². The molecule has 0 atom stereocenters. The molecule has 0 aliphatic heterocycles. The first-order valence-corrected chi connectivity index (χ1v) is 4.88. The van der Waals surface area contributed by atoms with Gasteiger partial charge in [-0.1, -0.05) is 12.2 Å². The predicted molar refractivity (Wildman–Crippen MR) is 63.5 cm³/mol. The van der Waals surface area contributed by atoms with Gasteiger partial charge in [-0.2, -0.15) is 0 Å². The molecule has 0 fully saturated rings. The summed E-state index contributed by atoms with van der Waals surface area (Å²) in [7, 11) is 1.55. The molecule has 0 aliphatic rings. The van der Waals surface area contributed by atoms with Crippen LogP contribution in [0.25, 0.3) is 0 Å². The van der Waals surface area contributed by atoms with E-state index in [0.717, 1.165) is 0 Å². The predicted octanol–water partition coefficient (Wildman–Crippen LogP) is 0.456. The highest BCUT2D eigenvalue weighted by molar-refractivity contribution is 7.80. The van der Waals surface area contributed by atoms with Crippen LogP contribution in [0.3, 0.4) is 0 Å². The summed E-state index contributed by atoms with van der Waals surface area (Å²) in [5.41, 5.74) is 5.57.